The van der Waals surface area contributed by atoms with Crippen molar-refractivity contribution in [2.45, 2.75) is 6.10 Å². The molecule has 3 heteroatoms. The average Bonchev–Trinajstić information content (AvgIpc) is 2.53. The second kappa shape index (κ2) is 7.80. The highest BCUT2D eigenvalue weighted by Crippen LogP contribution is 2.25. The summed E-state index contributed by atoms with van der Waals surface area (Å²) in [6.07, 6.45) is -0.0245. The second-order valence-electron chi connectivity index (χ2n) is 4.83. The van der Waals surface area contributed by atoms with Gasteiger partial charge in [-0.1, -0.05) is 60.7 Å². The van der Waals surface area contributed by atoms with Crippen molar-refractivity contribution in [2.75, 3.05) is 26.9 Å². The van der Waals surface area contributed by atoms with E-state index in [0.29, 0.717) is 13.3 Å². The number of benzene rings is 2. The zero-order valence-corrected chi connectivity index (χ0v) is 11.9. The van der Waals surface area contributed by atoms with Crippen molar-refractivity contribution in [3.05, 3.63) is 71.8 Å². The highest BCUT2D eigenvalue weighted by atomic mass is 16.5. The quantitative estimate of drug-likeness (QED) is 0.786. The van der Waals surface area contributed by atoms with Gasteiger partial charge in [-0.05, 0) is 18.2 Å². The first kappa shape index (κ1) is 14.7. The maximum Gasteiger partial charge on any atom is 0.108 e. The Morgan fingerprint density at radius 2 is 1.45 bits per heavy atom. The molecule has 2 rings (SSSR count). The van der Waals surface area contributed by atoms with Gasteiger partial charge in [0.25, 0.3) is 0 Å². The summed E-state index contributed by atoms with van der Waals surface area (Å²) in [6.45, 7) is 2.03. The Bertz CT molecular complexity index is 447. The van der Waals surface area contributed by atoms with Crippen molar-refractivity contribution in [3.63, 3.8) is 0 Å². The van der Waals surface area contributed by atoms with Gasteiger partial charge in [0.15, 0.2) is 0 Å². The average molecular weight is 270 g/mol. The molecule has 0 amide bonds. The van der Waals surface area contributed by atoms with Gasteiger partial charge in [0.05, 0.1) is 6.61 Å². The highest BCUT2D eigenvalue weighted by molar-refractivity contribution is 5.29. The standard InChI is InChI=1S/C17H22N2O/c1-19(14-18)12-13-20-17(15-8-4-2-5-9-15)16-10-6-3-7-11-16/h2-11,17H,12-14,18H2,1H3. The number of hydrogen-bond donors (Lipinski definition) is 1. The van der Waals surface area contributed by atoms with Crippen LogP contribution in [0.3, 0.4) is 0 Å². The van der Waals surface area contributed by atoms with Crippen LogP contribution in [0, 0.1) is 0 Å². The van der Waals surface area contributed by atoms with Gasteiger partial charge in [-0.3, -0.25) is 4.90 Å². The number of hydrogen-bond acceptors (Lipinski definition) is 3. The normalized spacial score (nSPS) is 11.2. The zero-order valence-electron chi connectivity index (χ0n) is 11.9. The lowest BCUT2D eigenvalue weighted by Gasteiger charge is -2.21. The number of nitrogens with zero attached hydrogens (tertiary/aromatic N) is 1. The van der Waals surface area contributed by atoms with E-state index in [-0.39, 0.29) is 6.10 Å². The lowest BCUT2D eigenvalue weighted by molar-refractivity contribution is 0.0652. The molecule has 0 bridgehead atoms. The molecule has 0 fully saturated rings. The van der Waals surface area contributed by atoms with E-state index in [9.17, 15) is 0 Å². The largest absolute Gasteiger partial charge is 0.367 e. The molecule has 0 spiro atoms. The summed E-state index contributed by atoms with van der Waals surface area (Å²) < 4.78 is 6.09. The molecule has 2 aromatic carbocycles. The van der Waals surface area contributed by atoms with Crippen LogP contribution in [0.4, 0.5) is 0 Å². The van der Waals surface area contributed by atoms with Gasteiger partial charge < -0.3 is 10.5 Å². The van der Waals surface area contributed by atoms with Crippen LogP contribution in [-0.4, -0.2) is 31.8 Å². The van der Waals surface area contributed by atoms with E-state index in [1.807, 2.05) is 48.3 Å². The fourth-order valence-corrected chi connectivity index (χ4v) is 2.06. The summed E-state index contributed by atoms with van der Waals surface area (Å²) in [6, 6.07) is 20.6. The first-order valence-corrected chi connectivity index (χ1v) is 6.91. The van der Waals surface area contributed by atoms with Crippen LogP contribution in [0.1, 0.15) is 17.2 Å². The Kier molecular flexibility index (Phi) is 5.74. The molecule has 2 N–H and O–H groups in total. The molecule has 0 aliphatic rings. The minimum absolute atomic E-state index is 0.0245. The van der Waals surface area contributed by atoms with E-state index in [1.54, 1.807) is 0 Å². The Morgan fingerprint density at radius 1 is 0.950 bits per heavy atom. The Hall–Kier alpha value is -1.68. The molecule has 0 aliphatic carbocycles. The zero-order chi connectivity index (χ0) is 14.2. The molecule has 0 aromatic heterocycles. The van der Waals surface area contributed by atoms with Crippen molar-refractivity contribution >= 4 is 0 Å². The molecule has 0 saturated carbocycles. The fourth-order valence-electron chi connectivity index (χ4n) is 2.06. The smallest absolute Gasteiger partial charge is 0.108 e. The highest BCUT2D eigenvalue weighted by Gasteiger charge is 2.14. The van der Waals surface area contributed by atoms with E-state index in [0.717, 1.165) is 6.54 Å². The van der Waals surface area contributed by atoms with E-state index in [4.69, 9.17) is 10.5 Å². The van der Waals surface area contributed by atoms with Crippen LogP contribution in [0.5, 0.6) is 0 Å². The van der Waals surface area contributed by atoms with E-state index in [1.165, 1.54) is 11.1 Å². The van der Waals surface area contributed by atoms with Gasteiger partial charge in [0.2, 0.25) is 0 Å². The van der Waals surface area contributed by atoms with Crippen LogP contribution in [0.15, 0.2) is 60.7 Å². The minimum Gasteiger partial charge on any atom is -0.367 e. The third-order valence-corrected chi connectivity index (χ3v) is 3.27. The summed E-state index contributed by atoms with van der Waals surface area (Å²) in [5, 5.41) is 0. The summed E-state index contributed by atoms with van der Waals surface area (Å²) >= 11 is 0. The van der Waals surface area contributed by atoms with Gasteiger partial charge in [-0.2, -0.15) is 0 Å². The molecule has 0 radical (unpaired) electrons. The van der Waals surface area contributed by atoms with E-state index < -0.39 is 0 Å². The molecule has 106 valence electrons. The molecule has 0 heterocycles. The van der Waals surface area contributed by atoms with E-state index >= 15 is 0 Å². The topological polar surface area (TPSA) is 38.5 Å². The van der Waals surface area contributed by atoms with Crippen LogP contribution in [-0.2, 0) is 4.74 Å². The molecule has 2 aromatic rings. The minimum atomic E-state index is -0.0245. The molecule has 0 unspecified atom stereocenters. The van der Waals surface area contributed by atoms with Gasteiger partial charge in [0.1, 0.15) is 6.10 Å². The fraction of sp³-hybridized carbons (Fsp3) is 0.294. The molecule has 0 aliphatic heterocycles. The van der Waals surface area contributed by atoms with Crippen molar-refractivity contribution in [1.29, 1.82) is 0 Å². The predicted octanol–water partition coefficient (Wildman–Crippen LogP) is 2.64. The molecular formula is C17H22N2O. The van der Waals surface area contributed by atoms with E-state index in [2.05, 4.69) is 24.3 Å². The van der Waals surface area contributed by atoms with Crippen LogP contribution >= 0.6 is 0 Å². The number of likely N-dealkylation sites (N-methyl/N-ethyl adjacent to an activating group) is 1. The lowest BCUT2D eigenvalue weighted by Crippen LogP contribution is -2.29. The van der Waals surface area contributed by atoms with Gasteiger partial charge in [0, 0.05) is 13.2 Å². The Labute approximate surface area is 121 Å². The second-order valence-corrected chi connectivity index (χ2v) is 4.83. The Balaban J connectivity index is 2.09. The summed E-state index contributed by atoms with van der Waals surface area (Å²) in [5.41, 5.74) is 7.93. The number of ether oxygens (including phenoxy) is 1. The van der Waals surface area contributed by atoms with Crippen molar-refractivity contribution < 1.29 is 4.74 Å². The molecule has 0 saturated heterocycles. The van der Waals surface area contributed by atoms with Crippen LogP contribution in [0.25, 0.3) is 0 Å². The summed E-state index contributed by atoms with van der Waals surface area (Å²) in [5.74, 6) is 0. The molecule has 20 heavy (non-hydrogen) atoms. The van der Waals surface area contributed by atoms with Crippen molar-refractivity contribution in [2.24, 2.45) is 5.73 Å². The van der Waals surface area contributed by atoms with Crippen LogP contribution < -0.4 is 5.73 Å². The molecule has 3 nitrogen and oxygen atoms in total. The van der Waals surface area contributed by atoms with Crippen molar-refractivity contribution in [3.8, 4) is 0 Å². The maximum atomic E-state index is 6.09. The third-order valence-electron chi connectivity index (χ3n) is 3.27. The van der Waals surface area contributed by atoms with Crippen LogP contribution in [0.2, 0.25) is 0 Å². The van der Waals surface area contributed by atoms with Crippen molar-refractivity contribution in [1.82, 2.24) is 4.90 Å². The Morgan fingerprint density at radius 3 is 1.90 bits per heavy atom. The van der Waals surface area contributed by atoms with Gasteiger partial charge in [-0.25, -0.2) is 0 Å². The maximum absolute atomic E-state index is 6.09. The first-order valence-electron chi connectivity index (χ1n) is 6.91. The van der Waals surface area contributed by atoms with Gasteiger partial charge >= 0.3 is 0 Å². The molecule has 0 atom stereocenters. The van der Waals surface area contributed by atoms with Gasteiger partial charge in [-0.15, -0.1) is 0 Å². The third kappa shape index (κ3) is 4.17. The first-order chi connectivity index (χ1) is 9.81. The number of nitrogens with two attached hydrogens (primary N) is 1. The predicted molar refractivity (Wildman–Crippen MR) is 82.4 cm³/mol. The number of rotatable bonds is 7. The lowest BCUT2D eigenvalue weighted by atomic mass is 10.0. The summed E-state index contributed by atoms with van der Waals surface area (Å²) in [7, 11) is 1.99. The monoisotopic (exact) mass is 270 g/mol. The molecular weight excluding hydrogens is 248 g/mol. The summed E-state index contributed by atoms with van der Waals surface area (Å²) in [4.78, 5) is 2.03. The SMILES string of the molecule is CN(CN)CCOC(c1ccccc1)c1ccccc1.